The van der Waals surface area contributed by atoms with E-state index in [1.165, 1.54) is 0 Å². The minimum absolute atomic E-state index is 0.0385. The summed E-state index contributed by atoms with van der Waals surface area (Å²) >= 11 is 6.11. The van der Waals surface area contributed by atoms with E-state index in [-0.39, 0.29) is 5.54 Å². The first-order valence-electron chi connectivity index (χ1n) is 6.52. The molecule has 1 aromatic heterocycles. The predicted octanol–water partition coefficient (Wildman–Crippen LogP) is 2.56. The highest BCUT2D eigenvalue weighted by atomic mass is 35.5. The van der Waals surface area contributed by atoms with E-state index >= 15 is 0 Å². The Morgan fingerprint density at radius 3 is 2.68 bits per heavy atom. The zero-order valence-corrected chi connectivity index (χ0v) is 13.2. The van der Waals surface area contributed by atoms with Gasteiger partial charge in [0.2, 0.25) is 5.88 Å². The van der Waals surface area contributed by atoms with Gasteiger partial charge in [0.25, 0.3) is 0 Å². The van der Waals surface area contributed by atoms with Gasteiger partial charge in [0.05, 0.1) is 5.02 Å². The summed E-state index contributed by atoms with van der Waals surface area (Å²) in [4.78, 5) is 6.34. The van der Waals surface area contributed by atoms with Gasteiger partial charge in [0.1, 0.15) is 6.61 Å². The van der Waals surface area contributed by atoms with Crippen LogP contribution in [0.2, 0.25) is 5.02 Å². The highest BCUT2D eigenvalue weighted by molar-refractivity contribution is 6.31. The molecule has 0 aliphatic heterocycles. The largest absolute Gasteiger partial charge is 0.476 e. The summed E-state index contributed by atoms with van der Waals surface area (Å²) in [7, 11) is 4.07. The van der Waals surface area contributed by atoms with Crippen LogP contribution in [0.4, 0.5) is 0 Å². The number of likely N-dealkylation sites (N-methyl/N-ethyl adjacent to an activating group) is 1. The standard InChI is InChI=1S/C14H24ClN3O/c1-6-16-8-11-7-13(17-9-12(11)15)19-10-14(2,3)18(4)5/h7,9,16H,6,8,10H2,1-5H3. The molecule has 0 saturated heterocycles. The number of aromatic nitrogens is 1. The normalized spacial score (nSPS) is 11.9. The highest BCUT2D eigenvalue weighted by Crippen LogP contribution is 2.20. The van der Waals surface area contributed by atoms with Crippen molar-refractivity contribution < 1.29 is 4.74 Å². The van der Waals surface area contributed by atoms with Gasteiger partial charge < -0.3 is 15.0 Å². The Morgan fingerprint density at radius 1 is 1.42 bits per heavy atom. The molecule has 0 aliphatic carbocycles. The summed E-state index contributed by atoms with van der Waals surface area (Å²) in [6.07, 6.45) is 1.65. The van der Waals surface area contributed by atoms with E-state index in [4.69, 9.17) is 16.3 Å². The fourth-order valence-corrected chi connectivity index (χ4v) is 1.48. The second-order valence-corrected chi connectivity index (χ2v) is 5.80. The second kappa shape index (κ2) is 7.08. The third-order valence-corrected chi connectivity index (χ3v) is 3.60. The van der Waals surface area contributed by atoms with E-state index in [0.29, 0.717) is 17.5 Å². The lowest BCUT2D eigenvalue weighted by Crippen LogP contribution is -2.43. The Labute approximate surface area is 121 Å². The van der Waals surface area contributed by atoms with E-state index in [1.54, 1.807) is 6.20 Å². The third-order valence-electron chi connectivity index (χ3n) is 3.26. The first kappa shape index (κ1) is 16.2. The molecule has 5 heteroatoms. The van der Waals surface area contributed by atoms with Crippen LogP contribution in [0.5, 0.6) is 5.88 Å². The van der Waals surface area contributed by atoms with Crippen LogP contribution in [0.15, 0.2) is 12.3 Å². The molecule has 0 amide bonds. The van der Waals surface area contributed by atoms with Gasteiger partial charge in [-0.25, -0.2) is 4.98 Å². The summed E-state index contributed by atoms with van der Waals surface area (Å²) in [5.41, 5.74) is 0.972. The van der Waals surface area contributed by atoms with Gasteiger partial charge in [-0.15, -0.1) is 0 Å². The lowest BCUT2D eigenvalue weighted by atomic mass is 10.1. The Balaban J connectivity index is 2.69. The van der Waals surface area contributed by atoms with Gasteiger partial charge in [-0.1, -0.05) is 18.5 Å². The molecule has 1 N–H and O–H groups in total. The molecule has 4 nitrogen and oxygen atoms in total. The Bertz CT molecular complexity index is 408. The molecule has 1 heterocycles. The van der Waals surface area contributed by atoms with Crippen LogP contribution < -0.4 is 10.1 Å². The van der Waals surface area contributed by atoms with Crippen molar-refractivity contribution >= 4 is 11.6 Å². The maximum absolute atomic E-state index is 6.11. The summed E-state index contributed by atoms with van der Waals surface area (Å²) in [6.45, 7) is 8.53. The van der Waals surface area contributed by atoms with Crippen LogP contribution in [0.25, 0.3) is 0 Å². The minimum Gasteiger partial charge on any atom is -0.476 e. The molecule has 19 heavy (non-hydrogen) atoms. The number of halogens is 1. The monoisotopic (exact) mass is 285 g/mol. The molecule has 0 unspecified atom stereocenters. The van der Waals surface area contributed by atoms with E-state index in [0.717, 1.165) is 18.7 Å². The number of rotatable bonds is 7. The lowest BCUT2D eigenvalue weighted by Gasteiger charge is -2.31. The zero-order chi connectivity index (χ0) is 14.5. The molecular weight excluding hydrogens is 262 g/mol. The molecule has 0 aromatic carbocycles. The van der Waals surface area contributed by atoms with Crippen molar-refractivity contribution in [2.24, 2.45) is 0 Å². The molecule has 108 valence electrons. The van der Waals surface area contributed by atoms with Crippen LogP contribution in [0.3, 0.4) is 0 Å². The summed E-state index contributed by atoms with van der Waals surface area (Å²) in [5.74, 6) is 0.618. The van der Waals surface area contributed by atoms with Crippen molar-refractivity contribution in [3.8, 4) is 5.88 Å². The van der Waals surface area contributed by atoms with Crippen LogP contribution in [-0.2, 0) is 6.54 Å². The van der Waals surface area contributed by atoms with Crippen LogP contribution in [-0.4, -0.2) is 42.7 Å². The van der Waals surface area contributed by atoms with Crippen molar-refractivity contribution in [2.45, 2.75) is 32.9 Å². The lowest BCUT2D eigenvalue weighted by molar-refractivity contribution is 0.111. The number of nitrogens with one attached hydrogen (secondary N) is 1. The number of ether oxygens (including phenoxy) is 1. The molecule has 1 aromatic rings. The van der Waals surface area contributed by atoms with Gasteiger partial charge >= 0.3 is 0 Å². The number of hydrogen-bond acceptors (Lipinski definition) is 4. The van der Waals surface area contributed by atoms with Crippen LogP contribution >= 0.6 is 11.6 Å². The van der Waals surface area contributed by atoms with Gasteiger partial charge in [0.15, 0.2) is 0 Å². The van der Waals surface area contributed by atoms with Crippen molar-refractivity contribution in [1.29, 1.82) is 0 Å². The van der Waals surface area contributed by atoms with E-state index in [1.807, 2.05) is 20.2 Å². The first-order chi connectivity index (χ1) is 8.86. The molecule has 1 rings (SSSR count). The fourth-order valence-electron chi connectivity index (χ4n) is 1.31. The molecule has 0 fully saturated rings. The highest BCUT2D eigenvalue weighted by Gasteiger charge is 2.21. The SMILES string of the molecule is CCNCc1cc(OCC(C)(C)N(C)C)ncc1Cl. The predicted molar refractivity (Wildman–Crippen MR) is 79.9 cm³/mol. The quantitative estimate of drug-likeness (QED) is 0.835. The summed E-state index contributed by atoms with van der Waals surface area (Å²) in [5, 5.41) is 3.91. The topological polar surface area (TPSA) is 37.4 Å². The number of pyridine rings is 1. The van der Waals surface area contributed by atoms with Gasteiger partial charge in [0, 0.05) is 24.3 Å². The molecule has 0 radical (unpaired) electrons. The third kappa shape index (κ3) is 4.97. The van der Waals surface area contributed by atoms with Gasteiger partial charge in [-0.3, -0.25) is 0 Å². The van der Waals surface area contributed by atoms with E-state index < -0.39 is 0 Å². The maximum Gasteiger partial charge on any atom is 0.213 e. The first-order valence-corrected chi connectivity index (χ1v) is 6.90. The molecule has 0 bridgehead atoms. The fraction of sp³-hybridized carbons (Fsp3) is 0.643. The number of nitrogens with zero attached hydrogens (tertiary/aromatic N) is 2. The van der Waals surface area contributed by atoms with Crippen molar-refractivity contribution in [2.75, 3.05) is 27.2 Å². The number of hydrogen-bond donors (Lipinski definition) is 1. The smallest absolute Gasteiger partial charge is 0.213 e. The van der Waals surface area contributed by atoms with Crippen molar-refractivity contribution in [1.82, 2.24) is 15.2 Å². The second-order valence-electron chi connectivity index (χ2n) is 5.39. The summed E-state index contributed by atoms with van der Waals surface area (Å²) < 4.78 is 5.77. The molecular formula is C14H24ClN3O. The maximum atomic E-state index is 6.11. The average molecular weight is 286 g/mol. The minimum atomic E-state index is -0.0385. The Morgan fingerprint density at radius 2 is 2.11 bits per heavy atom. The Hall–Kier alpha value is -0.840. The van der Waals surface area contributed by atoms with Gasteiger partial charge in [-0.05, 0) is 40.1 Å². The summed E-state index contributed by atoms with van der Waals surface area (Å²) in [6, 6.07) is 1.90. The van der Waals surface area contributed by atoms with Crippen LogP contribution in [0, 0.1) is 0 Å². The average Bonchev–Trinajstić information content (AvgIpc) is 2.36. The molecule has 0 saturated carbocycles. The molecule has 0 atom stereocenters. The van der Waals surface area contributed by atoms with Crippen molar-refractivity contribution in [3.63, 3.8) is 0 Å². The van der Waals surface area contributed by atoms with E-state index in [9.17, 15) is 0 Å². The zero-order valence-electron chi connectivity index (χ0n) is 12.5. The molecule has 0 aliphatic rings. The van der Waals surface area contributed by atoms with E-state index in [2.05, 4.69) is 36.0 Å². The van der Waals surface area contributed by atoms with Gasteiger partial charge in [-0.2, -0.15) is 0 Å². The Kier molecular flexibility index (Phi) is 6.04. The molecule has 0 spiro atoms. The van der Waals surface area contributed by atoms with Crippen LogP contribution in [0.1, 0.15) is 26.3 Å². The van der Waals surface area contributed by atoms with Crippen molar-refractivity contribution in [3.05, 3.63) is 22.8 Å².